The van der Waals surface area contributed by atoms with Gasteiger partial charge in [-0.15, -0.1) is 0 Å². The average molecular weight is 457 g/mol. The van der Waals surface area contributed by atoms with Gasteiger partial charge in [0.25, 0.3) is 0 Å². The van der Waals surface area contributed by atoms with Crippen molar-refractivity contribution in [1.82, 2.24) is 15.2 Å². The van der Waals surface area contributed by atoms with Gasteiger partial charge in [0, 0.05) is 36.8 Å². The molecule has 0 aliphatic heterocycles. The van der Waals surface area contributed by atoms with E-state index in [0.717, 1.165) is 0 Å². The second kappa shape index (κ2) is 9.22. The lowest BCUT2D eigenvalue weighted by Gasteiger charge is -2.10. The summed E-state index contributed by atoms with van der Waals surface area (Å²) in [7, 11) is -3.90. The minimum atomic E-state index is -5.47. The Hall–Kier alpha value is -3.32. The number of ether oxygens (including phenoxy) is 2. The van der Waals surface area contributed by atoms with Gasteiger partial charge < -0.3 is 14.8 Å². The molecule has 166 valence electrons. The van der Waals surface area contributed by atoms with E-state index < -0.39 is 15.5 Å². The van der Waals surface area contributed by atoms with Gasteiger partial charge in [0.2, 0.25) is 5.88 Å². The maximum absolute atomic E-state index is 12.5. The fraction of sp³-hybridized carbons (Fsp3) is 0.222. The van der Waals surface area contributed by atoms with Crippen molar-refractivity contribution < 1.29 is 31.1 Å². The minimum absolute atomic E-state index is 0.211. The molecule has 1 aromatic carbocycles. The number of H-pyrrole nitrogens is 1. The Bertz CT molecular complexity index is 1120. The Morgan fingerprint density at radius 3 is 2.48 bits per heavy atom. The highest BCUT2D eigenvalue weighted by atomic mass is 32.2. The monoisotopic (exact) mass is 457 g/mol. The molecule has 0 radical (unpaired) electrons. The molecular weight excluding hydrogens is 439 g/mol. The third-order valence-corrected chi connectivity index (χ3v) is 4.99. The van der Waals surface area contributed by atoms with Crippen molar-refractivity contribution in [1.29, 1.82) is 0 Å². The van der Waals surface area contributed by atoms with E-state index in [-0.39, 0.29) is 5.69 Å². The van der Waals surface area contributed by atoms with Crippen LogP contribution in [0.15, 0.2) is 48.7 Å². The Labute approximate surface area is 175 Å². The van der Waals surface area contributed by atoms with Crippen molar-refractivity contribution in [2.75, 3.05) is 30.4 Å². The van der Waals surface area contributed by atoms with Crippen LogP contribution in [0.5, 0.6) is 5.88 Å². The SMILES string of the molecule is COCCOc1cc(Nc2cc(-c3ccc(NS(=O)(=O)C(F)(F)F)cc3)[nH]n2)ccn1. The molecule has 0 aliphatic rings. The van der Waals surface area contributed by atoms with Gasteiger partial charge in [0.05, 0.1) is 12.3 Å². The number of nitrogens with one attached hydrogen (secondary N) is 3. The molecule has 0 unspecified atom stereocenters. The van der Waals surface area contributed by atoms with Gasteiger partial charge in [-0.25, -0.2) is 4.98 Å². The molecule has 0 fully saturated rings. The number of sulfonamides is 1. The zero-order chi connectivity index (χ0) is 22.5. The van der Waals surface area contributed by atoms with E-state index in [9.17, 15) is 21.6 Å². The first-order valence-corrected chi connectivity index (χ1v) is 10.3. The Kier molecular flexibility index (Phi) is 6.65. The summed E-state index contributed by atoms with van der Waals surface area (Å²) in [6, 6.07) is 10.4. The molecule has 9 nitrogen and oxygen atoms in total. The Morgan fingerprint density at radius 2 is 1.81 bits per heavy atom. The number of rotatable bonds is 9. The summed E-state index contributed by atoms with van der Waals surface area (Å²) in [5.74, 6) is 0.889. The smallest absolute Gasteiger partial charge is 0.475 e. The molecule has 3 N–H and O–H groups in total. The van der Waals surface area contributed by atoms with Crippen molar-refractivity contribution >= 4 is 27.2 Å². The van der Waals surface area contributed by atoms with Gasteiger partial charge in [-0.2, -0.15) is 26.7 Å². The van der Waals surface area contributed by atoms with Crippen molar-refractivity contribution in [3.8, 4) is 17.1 Å². The van der Waals surface area contributed by atoms with Crippen LogP contribution in [0.2, 0.25) is 0 Å². The summed E-state index contributed by atoms with van der Waals surface area (Å²) >= 11 is 0. The number of aromatic amines is 1. The van der Waals surface area contributed by atoms with Crippen LogP contribution in [0.3, 0.4) is 0 Å². The van der Waals surface area contributed by atoms with E-state index >= 15 is 0 Å². The molecule has 13 heteroatoms. The molecule has 2 aromatic heterocycles. The number of pyridine rings is 1. The molecule has 0 spiro atoms. The number of hydrogen-bond donors (Lipinski definition) is 3. The molecule has 0 bridgehead atoms. The summed E-state index contributed by atoms with van der Waals surface area (Å²) in [5, 5.41) is 10.00. The Morgan fingerprint density at radius 1 is 1.06 bits per heavy atom. The summed E-state index contributed by atoms with van der Waals surface area (Å²) in [5.41, 5.74) is -3.77. The first-order valence-electron chi connectivity index (χ1n) is 8.78. The largest absolute Gasteiger partial charge is 0.516 e. The van der Waals surface area contributed by atoms with Crippen LogP contribution in [0.25, 0.3) is 11.3 Å². The van der Waals surface area contributed by atoms with Crippen molar-refractivity contribution in [2.45, 2.75) is 5.51 Å². The van der Waals surface area contributed by atoms with E-state index in [1.54, 1.807) is 31.5 Å². The van der Waals surface area contributed by atoms with Gasteiger partial charge in [0.15, 0.2) is 5.82 Å². The fourth-order valence-corrected chi connectivity index (χ4v) is 2.97. The van der Waals surface area contributed by atoms with Crippen molar-refractivity contribution in [3.63, 3.8) is 0 Å². The van der Waals surface area contributed by atoms with Crippen LogP contribution in [-0.2, 0) is 14.8 Å². The molecule has 0 saturated heterocycles. The normalized spacial score (nSPS) is 11.9. The molecule has 0 aliphatic carbocycles. The maximum Gasteiger partial charge on any atom is 0.516 e. The van der Waals surface area contributed by atoms with Gasteiger partial charge in [-0.1, -0.05) is 12.1 Å². The predicted octanol–water partition coefficient (Wildman–Crippen LogP) is 3.50. The highest BCUT2D eigenvalue weighted by Crippen LogP contribution is 2.28. The third kappa shape index (κ3) is 5.86. The molecule has 2 heterocycles. The van der Waals surface area contributed by atoms with Gasteiger partial charge in [-0.05, 0) is 23.8 Å². The van der Waals surface area contributed by atoms with Crippen molar-refractivity contribution in [2.24, 2.45) is 0 Å². The number of aromatic nitrogens is 3. The summed E-state index contributed by atoms with van der Waals surface area (Å²) in [6.45, 7) is 0.785. The molecule has 31 heavy (non-hydrogen) atoms. The number of alkyl halides is 3. The standard InChI is InChI=1S/C18H18F3N5O4S/c1-29-8-9-30-17-10-14(6-7-22-17)23-16-11-15(24-25-16)12-2-4-13(5-3-12)26-31(27,28)18(19,20)21/h2-7,10-11,26H,8-9H2,1H3,(H2,22,23,24,25). The fourth-order valence-electron chi connectivity index (χ4n) is 2.41. The zero-order valence-electron chi connectivity index (χ0n) is 16.1. The summed E-state index contributed by atoms with van der Waals surface area (Å²) < 4.78 is 71.6. The molecule has 0 atom stereocenters. The molecule has 3 aromatic rings. The molecule has 3 rings (SSSR count). The topological polar surface area (TPSA) is 118 Å². The van der Waals surface area contributed by atoms with E-state index in [1.807, 2.05) is 0 Å². The van der Waals surface area contributed by atoms with Gasteiger partial charge in [0.1, 0.15) is 6.61 Å². The predicted molar refractivity (Wildman–Crippen MR) is 108 cm³/mol. The maximum atomic E-state index is 12.5. The molecule has 0 saturated carbocycles. The third-order valence-electron chi connectivity index (χ3n) is 3.88. The first-order chi connectivity index (χ1) is 14.7. The van der Waals surface area contributed by atoms with Gasteiger partial charge >= 0.3 is 15.5 Å². The number of methoxy groups -OCH3 is 1. The number of halogens is 3. The van der Waals surface area contributed by atoms with E-state index in [4.69, 9.17) is 9.47 Å². The molecule has 0 amide bonds. The van der Waals surface area contributed by atoms with E-state index in [2.05, 4.69) is 20.5 Å². The van der Waals surface area contributed by atoms with E-state index in [1.165, 1.54) is 29.0 Å². The van der Waals surface area contributed by atoms with Crippen LogP contribution < -0.4 is 14.8 Å². The zero-order valence-corrected chi connectivity index (χ0v) is 16.9. The molecular formula is C18H18F3N5O4S. The summed E-state index contributed by atoms with van der Waals surface area (Å²) in [6.07, 6.45) is 1.57. The number of nitrogens with zero attached hydrogens (tertiary/aromatic N) is 2. The summed E-state index contributed by atoms with van der Waals surface area (Å²) in [4.78, 5) is 4.09. The lowest BCUT2D eigenvalue weighted by molar-refractivity contribution is -0.0429. The minimum Gasteiger partial charge on any atom is -0.475 e. The Balaban J connectivity index is 1.66. The van der Waals surface area contributed by atoms with Crippen LogP contribution >= 0.6 is 0 Å². The average Bonchev–Trinajstić information content (AvgIpc) is 3.16. The number of hydrogen-bond acceptors (Lipinski definition) is 7. The number of benzene rings is 1. The highest BCUT2D eigenvalue weighted by Gasteiger charge is 2.46. The van der Waals surface area contributed by atoms with Crippen LogP contribution in [0, 0.1) is 0 Å². The van der Waals surface area contributed by atoms with Crippen LogP contribution in [0.1, 0.15) is 0 Å². The number of anilines is 3. The van der Waals surface area contributed by atoms with Gasteiger partial charge in [-0.3, -0.25) is 9.82 Å². The first kappa shape index (κ1) is 22.4. The second-order valence-corrected chi connectivity index (χ2v) is 7.82. The van der Waals surface area contributed by atoms with Crippen LogP contribution in [0.4, 0.5) is 30.4 Å². The van der Waals surface area contributed by atoms with E-state index in [0.29, 0.717) is 41.9 Å². The lowest BCUT2D eigenvalue weighted by Crippen LogP contribution is -2.29. The lowest BCUT2D eigenvalue weighted by atomic mass is 10.1. The van der Waals surface area contributed by atoms with Crippen molar-refractivity contribution in [3.05, 3.63) is 48.7 Å². The van der Waals surface area contributed by atoms with Crippen LogP contribution in [-0.4, -0.2) is 49.4 Å². The second-order valence-electron chi connectivity index (χ2n) is 6.14. The highest BCUT2D eigenvalue weighted by molar-refractivity contribution is 7.93. The quantitative estimate of drug-likeness (QED) is 0.421.